The summed E-state index contributed by atoms with van der Waals surface area (Å²) in [4.78, 5) is 0. The molecule has 0 amide bonds. The number of nitrogens with one attached hydrogen (secondary N) is 2. The van der Waals surface area contributed by atoms with E-state index in [-0.39, 0.29) is 12.1 Å². The van der Waals surface area contributed by atoms with E-state index in [2.05, 4.69) is 22.8 Å². The van der Waals surface area contributed by atoms with Crippen LogP contribution in [0.1, 0.15) is 23.2 Å². The van der Waals surface area contributed by atoms with Crippen molar-refractivity contribution in [1.29, 1.82) is 0 Å². The highest BCUT2D eigenvalue weighted by Gasteiger charge is 2.22. The first-order valence-electron chi connectivity index (χ1n) is 6.51. The molecule has 0 aromatic heterocycles. The smallest absolute Gasteiger partial charge is 0.0516 e. The van der Waals surface area contributed by atoms with Gasteiger partial charge in [0.2, 0.25) is 0 Å². The van der Waals surface area contributed by atoms with Crippen molar-refractivity contribution in [2.75, 3.05) is 14.1 Å². The van der Waals surface area contributed by atoms with Crippen LogP contribution in [0.25, 0.3) is 0 Å². The quantitative estimate of drug-likeness (QED) is 0.864. The molecule has 0 aliphatic heterocycles. The summed E-state index contributed by atoms with van der Waals surface area (Å²) < 4.78 is 0. The van der Waals surface area contributed by atoms with Gasteiger partial charge in [-0.1, -0.05) is 47.5 Å². The molecule has 2 aromatic carbocycles. The van der Waals surface area contributed by atoms with E-state index in [0.29, 0.717) is 0 Å². The number of hydrogen-bond acceptors (Lipinski definition) is 2. The Bertz CT molecular complexity index is 520. The molecule has 0 aliphatic rings. The predicted molar refractivity (Wildman–Crippen MR) is 86.5 cm³/mol. The lowest BCUT2D eigenvalue weighted by atomic mass is 9.93. The molecule has 0 saturated carbocycles. The SMILES string of the molecule is CNC(c1cccc(Cl)c1)[C@H](NC)c1cccc(Cl)c1. The van der Waals surface area contributed by atoms with E-state index in [1.807, 2.05) is 50.5 Å². The zero-order chi connectivity index (χ0) is 14.5. The molecule has 4 heteroatoms. The van der Waals surface area contributed by atoms with E-state index in [1.165, 1.54) is 0 Å². The summed E-state index contributed by atoms with van der Waals surface area (Å²) in [6.45, 7) is 0. The Morgan fingerprint density at radius 3 is 1.45 bits per heavy atom. The largest absolute Gasteiger partial charge is 0.311 e. The first kappa shape index (κ1) is 15.3. The van der Waals surface area contributed by atoms with E-state index >= 15 is 0 Å². The lowest BCUT2D eigenvalue weighted by Gasteiger charge is -2.27. The molecule has 0 fully saturated rings. The highest BCUT2D eigenvalue weighted by atomic mass is 35.5. The summed E-state index contributed by atoms with van der Waals surface area (Å²) in [5, 5.41) is 8.18. The Labute approximate surface area is 130 Å². The summed E-state index contributed by atoms with van der Waals surface area (Å²) >= 11 is 12.2. The van der Waals surface area contributed by atoms with Crippen molar-refractivity contribution >= 4 is 23.2 Å². The van der Waals surface area contributed by atoms with Crippen molar-refractivity contribution in [2.24, 2.45) is 0 Å². The molecule has 2 nitrogen and oxygen atoms in total. The molecule has 2 aromatic rings. The molecular weight excluding hydrogens is 291 g/mol. The minimum absolute atomic E-state index is 0.108. The van der Waals surface area contributed by atoms with Gasteiger partial charge in [-0.2, -0.15) is 0 Å². The first-order chi connectivity index (χ1) is 9.65. The van der Waals surface area contributed by atoms with Crippen LogP contribution in [0.3, 0.4) is 0 Å². The third kappa shape index (κ3) is 3.53. The van der Waals surface area contributed by atoms with E-state index in [4.69, 9.17) is 23.2 Å². The molecule has 20 heavy (non-hydrogen) atoms. The minimum Gasteiger partial charge on any atom is -0.311 e. The van der Waals surface area contributed by atoms with Gasteiger partial charge in [-0.25, -0.2) is 0 Å². The van der Waals surface area contributed by atoms with Crippen molar-refractivity contribution in [2.45, 2.75) is 12.1 Å². The van der Waals surface area contributed by atoms with Crippen LogP contribution in [0.5, 0.6) is 0 Å². The van der Waals surface area contributed by atoms with E-state index in [9.17, 15) is 0 Å². The Hall–Kier alpha value is -1.06. The van der Waals surface area contributed by atoms with E-state index in [1.54, 1.807) is 0 Å². The van der Waals surface area contributed by atoms with Gasteiger partial charge in [-0.3, -0.25) is 0 Å². The second-order valence-electron chi connectivity index (χ2n) is 4.64. The maximum atomic E-state index is 6.10. The Kier molecular flexibility index (Phi) is 5.44. The second-order valence-corrected chi connectivity index (χ2v) is 5.52. The van der Waals surface area contributed by atoms with Gasteiger partial charge in [0.25, 0.3) is 0 Å². The Balaban J connectivity index is 2.37. The fourth-order valence-electron chi connectivity index (χ4n) is 2.45. The van der Waals surface area contributed by atoms with Crippen LogP contribution in [0.4, 0.5) is 0 Å². The molecule has 0 radical (unpaired) electrons. The van der Waals surface area contributed by atoms with Crippen LogP contribution in [0.15, 0.2) is 48.5 Å². The zero-order valence-electron chi connectivity index (χ0n) is 11.5. The van der Waals surface area contributed by atoms with Crippen LogP contribution >= 0.6 is 23.2 Å². The highest BCUT2D eigenvalue weighted by Crippen LogP contribution is 2.30. The van der Waals surface area contributed by atoms with Crippen LogP contribution in [0.2, 0.25) is 10.0 Å². The van der Waals surface area contributed by atoms with E-state index in [0.717, 1.165) is 21.2 Å². The molecule has 0 spiro atoms. The molecule has 2 N–H and O–H groups in total. The highest BCUT2D eigenvalue weighted by molar-refractivity contribution is 6.30. The van der Waals surface area contributed by atoms with Gasteiger partial charge < -0.3 is 10.6 Å². The van der Waals surface area contributed by atoms with Crippen molar-refractivity contribution < 1.29 is 0 Å². The third-order valence-electron chi connectivity index (χ3n) is 3.37. The average Bonchev–Trinajstić information content (AvgIpc) is 2.44. The minimum atomic E-state index is 0.108. The molecule has 106 valence electrons. The standard InChI is InChI=1S/C16H18Cl2N2/c1-19-15(11-5-3-7-13(17)9-11)16(20-2)12-6-4-8-14(18)10-12/h3-10,15-16,19-20H,1-2H3/t15-,16?/m1/s1. The maximum absolute atomic E-state index is 6.10. The number of likely N-dealkylation sites (N-methyl/N-ethyl adjacent to an activating group) is 2. The maximum Gasteiger partial charge on any atom is 0.0516 e. The number of benzene rings is 2. The molecule has 1 unspecified atom stereocenters. The van der Waals surface area contributed by atoms with Gasteiger partial charge in [0.1, 0.15) is 0 Å². The molecule has 0 saturated heterocycles. The predicted octanol–water partition coefficient (Wildman–Crippen LogP) is 4.21. The molecule has 0 heterocycles. The fraction of sp³-hybridized carbons (Fsp3) is 0.250. The van der Waals surface area contributed by atoms with Crippen molar-refractivity contribution in [1.82, 2.24) is 10.6 Å². The summed E-state index contributed by atoms with van der Waals surface area (Å²) in [5.74, 6) is 0. The van der Waals surface area contributed by atoms with Crippen LogP contribution in [-0.2, 0) is 0 Å². The normalized spacial score (nSPS) is 14.0. The molecule has 2 rings (SSSR count). The summed E-state index contributed by atoms with van der Waals surface area (Å²) in [5.41, 5.74) is 2.28. The van der Waals surface area contributed by atoms with Crippen LogP contribution in [0, 0.1) is 0 Å². The van der Waals surface area contributed by atoms with Crippen LogP contribution < -0.4 is 10.6 Å². The second kappa shape index (κ2) is 7.09. The molecular formula is C16H18Cl2N2. The summed E-state index contributed by atoms with van der Waals surface area (Å²) in [6, 6.07) is 16.0. The van der Waals surface area contributed by atoms with Crippen molar-refractivity contribution in [3.05, 3.63) is 69.7 Å². The monoisotopic (exact) mass is 308 g/mol. The zero-order valence-corrected chi connectivity index (χ0v) is 13.0. The van der Waals surface area contributed by atoms with Crippen LogP contribution in [-0.4, -0.2) is 14.1 Å². The number of rotatable bonds is 5. The summed E-state index contributed by atoms with van der Waals surface area (Å²) in [7, 11) is 3.89. The lowest BCUT2D eigenvalue weighted by Crippen LogP contribution is -2.31. The van der Waals surface area contributed by atoms with Gasteiger partial charge in [0.05, 0.1) is 12.1 Å². The molecule has 2 atom stereocenters. The average molecular weight is 309 g/mol. The van der Waals surface area contributed by atoms with Gasteiger partial charge in [0, 0.05) is 10.0 Å². The lowest BCUT2D eigenvalue weighted by molar-refractivity contribution is 0.432. The fourth-order valence-corrected chi connectivity index (χ4v) is 2.85. The van der Waals surface area contributed by atoms with Gasteiger partial charge >= 0.3 is 0 Å². The summed E-state index contributed by atoms with van der Waals surface area (Å²) in [6.07, 6.45) is 0. The van der Waals surface area contributed by atoms with Gasteiger partial charge in [0.15, 0.2) is 0 Å². The van der Waals surface area contributed by atoms with Gasteiger partial charge in [-0.15, -0.1) is 0 Å². The van der Waals surface area contributed by atoms with Gasteiger partial charge in [-0.05, 0) is 49.5 Å². The molecule has 0 bridgehead atoms. The van der Waals surface area contributed by atoms with Crippen molar-refractivity contribution in [3.63, 3.8) is 0 Å². The van der Waals surface area contributed by atoms with Crippen molar-refractivity contribution in [3.8, 4) is 0 Å². The van der Waals surface area contributed by atoms with E-state index < -0.39 is 0 Å². The Morgan fingerprint density at radius 2 is 1.15 bits per heavy atom. The Morgan fingerprint density at radius 1 is 0.750 bits per heavy atom. The topological polar surface area (TPSA) is 24.1 Å². The molecule has 0 aliphatic carbocycles. The first-order valence-corrected chi connectivity index (χ1v) is 7.26. The number of hydrogen-bond donors (Lipinski definition) is 2. The number of halogens is 2. The third-order valence-corrected chi connectivity index (χ3v) is 3.84.